The van der Waals surface area contributed by atoms with Crippen LogP contribution in [0.2, 0.25) is 0 Å². The summed E-state index contributed by atoms with van der Waals surface area (Å²) in [6.45, 7) is 0. The van der Waals surface area contributed by atoms with Gasteiger partial charge in [-0.3, -0.25) is 14.5 Å². The highest BCUT2D eigenvalue weighted by Crippen LogP contribution is 2.20. The second-order valence-electron chi connectivity index (χ2n) is 5.29. The summed E-state index contributed by atoms with van der Waals surface area (Å²) in [4.78, 5) is 29.0. The lowest BCUT2D eigenvalue weighted by atomic mass is 10.1. The lowest BCUT2D eigenvalue weighted by Crippen LogP contribution is -2.17. The molecular formula is C17H13N3O5S. The summed E-state index contributed by atoms with van der Waals surface area (Å²) in [6.07, 6.45) is 2.92. The Morgan fingerprint density at radius 2 is 1.81 bits per heavy atom. The van der Waals surface area contributed by atoms with E-state index in [1.165, 1.54) is 48.8 Å². The van der Waals surface area contributed by atoms with Gasteiger partial charge in [-0.1, -0.05) is 12.1 Å². The molecule has 0 aliphatic carbocycles. The van der Waals surface area contributed by atoms with Gasteiger partial charge in [-0.05, 0) is 42.0 Å². The maximum Gasteiger partial charge on any atom is 0.341 e. The highest BCUT2D eigenvalue weighted by atomic mass is 32.2. The smallest absolute Gasteiger partial charge is 0.341 e. The molecule has 0 spiro atoms. The third-order valence-corrected chi connectivity index (χ3v) is 4.93. The highest BCUT2D eigenvalue weighted by Gasteiger charge is 2.15. The number of nitrogens with zero attached hydrogens (tertiary/aromatic N) is 1. The average Bonchev–Trinajstić information content (AvgIpc) is 2.62. The number of aromatic amines is 1. The van der Waals surface area contributed by atoms with Crippen molar-refractivity contribution in [1.29, 1.82) is 0 Å². The molecule has 132 valence electrons. The molecule has 0 radical (unpaired) electrons. The summed E-state index contributed by atoms with van der Waals surface area (Å²) in [5.74, 6) is -1.32. The van der Waals surface area contributed by atoms with Crippen molar-refractivity contribution in [1.82, 2.24) is 9.97 Å². The van der Waals surface area contributed by atoms with E-state index in [9.17, 15) is 18.0 Å². The number of anilines is 1. The number of carboxylic acid groups (broad SMARTS) is 1. The summed E-state index contributed by atoms with van der Waals surface area (Å²) in [6, 6.07) is 11.6. The van der Waals surface area contributed by atoms with Crippen molar-refractivity contribution in [2.45, 2.75) is 4.90 Å². The molecule has 3 aromatic rings. The molecule has 3 rings (SSSR count). The maximum absolute atomic E-state index is 12.4. The molecule has 0 saturated carbocycles. The van der Waals surface area contributed by atoms with E-state index in [0.29, 0.717) is 16.9 Å². The molecule has 2 heterocycles. The van der Waals surface area contributed by atoms with Gasteiger partial charge in [-0.25, -0.2) is 13.2 Å². The molecule has 0 aliphatic rings. The Hall–Kier alpha value is -3.46. The molecule has 0 bridgehead atoms. The number of nitrogens with one attached hydrogen (secondary N) is 2. The standard InChI is InChI=1S/C17H13N3O5S/c21-16-14(17(22)23)7-8-15(19-16)11-3-5-13(6-4-11)26(24,25)20-12-2-1-9-18-10-12/h1-10,20H,(H,19,21)(H,22,23). The molecule has 0 saturated heterocycles. The monoisotopic (exact) mass is 371 g/mol. The van der Waals surface area contributed by atoms with E-state index in [-0.39, 0.29) is 10.5 Å². The lowest BCUT2D eigenvalue weighted by molar-refractivity contribution is 0.0695. The van der Waals surface area contributed by atoms with Gasteiger partial charge >= 0.3 is 5.97 Å². The fourth-order valence-electron chi connectivity index (χ4n) is 2.26. The first-order valence-corrected chi connectivity index (χ1v) is 8.85. The van der Waals surface area contributed by atoms with Gasteiger partial charge in [0.2, 0.25) is 0 Å². The van der Waals surface area contributed by atoms with Gasteiger partial charge < -0.3 is 10.1 Å². The van der Waals surface area contributed by atoms with Crippen molar-refractivity contribution in [2.75, 3.05) is 4.72 Å². The number of rotatable bonds is 5. The van der Waals surface area contributed by atoms with Gasteiger partial charge in [0.05, 0.1) is 16.8 Å². The van der Waals surface area contributed by atoms with Gasteiger partial charge in [-0.15, -0.1) is 0 Å². The number of aromatic nitrogens is 2. The van der Waals surface area contributed by atoms with E-state index in [4.69, 9.17) is 5.11 Å². The normalized spacial score (nSPS) is 11.1. The first kappa shape index (κ1) is 17.4. The summed E-state index contributed by atoms with van der Waals surface area (Å²) < 4.78 is 27.1. The number of carbonyl (C=O) groups is 1. The predicted octanol–water partition coefficient (Wildman–Crippen LogP) is 1.94. The summed E-state index contributed by atoms with van der Waals surface area (Å²) in [5, 5.41) is 8.88. The minimum Gasteiger partial charge on any atom is -0.477 e. The van der Waals surface area contributed by atoms with Crippen molar-refractivity contribution in [3.05, 3.63) is 76.8 Å². The summed E-state index contributed by atoms with van der Waals surface area (Å²) >= 11 is 0. The van der Waals surface area contributed by atoms with Crippen molar-refractivity contribution in [3.63, 3.8) is 0 Å². The minimum absolute atomic E-state index is 0.0367. The molecule has 0 aliphatic heterocycles. The number of benzene rings is 1. The maximum atomic E-state index is 12.4. The molecule has 0 unspecified atom stereocenters. The van der Waals surface area contributed by atoms with E-state index < -0.39 is 21.6 Å². The number of H-pyrrole nitrogens is 1. The number of hydrogen-bond acceptors (Lipinski definition) is 5. The van der Waals surface area contributed by atoms with Crippen LogP contribution >= 0.6 is 0 Å². The Morgan fingerprint density at radius 1 is 1.08 bits per heavy atom. The molecule has 8 nitrogen and oxygen atoms in total. The summed E-state index contributed by atoms with van der Waals surface area (Å²) in [7, 11) is -3.78. The van der Waals surface area contributed by atoms with Crippen LogP contribution in [0.1, 0.15) is 10.4 Å². The zero-order valence-corrected chi connectivity index (χ0v) is 14.0. The third-order valence-electron chi connectivity index (χ3n) is 3.53. The van der Waals surface area contributed by atoms with Crippen LogP contribution in [0.3, 0.4) is 0 Å². The SMILES string of the molecule is O=C(O)c1ccc(-c2ccc(S(=O)(=O)Nc3cccnc3)cc2)[nH]c1=O. The van der Waals surface area contributed by atoms with Crippen LogP contribution in [-0.4, -0.2) is 29.5 Å². The Labute approximate surface area is 148 Å². The van der Waals surface area contributed by atoms with Crippen LogP contribution in [0.4, 0.5) is 5.69 Å². The van der Waals surface area contributed by atoms with Gasteiger partial charge in [0.15, 0.2) is 0 Å². The topological polar surface area (TPSA) is 129 Å². The molecule has 2 aromatic heterocycles. The minimum atomic E-state index is -3.78. The van der Waals surface area contributed by atoms with E-state index in [1.54, 1.807) is 12.1 Å². The van der Waals surface area contributed by atoms with Crippen LogP contribution < -0.4 is 10.3 Å². The van der Waals surface area contributed by atoms with Crippen molar-refractivity contribution < 1.29 is 18.3 Å². The Kier molecular flexibility index (Phi) is 4.55. The molecule has 0 atom stereocenters. The molecule has 0 amide bonds. The molecule has 0 fully saturated rings. The van der Waals surface area contributed by atoms with Crippen LogP contribution in [-0.2, 0) is 10.0 Å². The third kappa shape index (κ3) is 3.62. The zero-order valence-electron chi connectivity index (χ0n) is 13.2. The van der Waals surface area contributed by atoms with Crippen LogP contribution in [0, 0.1) is 0 Å². The van der Waals surface area contributed by atoms with Crippen molar-refractivity contribution >= 4 is 21.7 Å². The Bertz CT molecular complexity index is 1110. The van der Waals surface area contributed by atoms with Gasteiger partial charge in [-0.2, -0.15) is 0 Å². The first-order valence-electron chi connectivity index (χ1n) is 7.37. The molecule has 26 heavy (non-hydrogen) atoms. The zero-order chi connectivity index (χ0) is 18.7. The fourth-order valence-corrected chi connectivity index (χ4v) is 3.30. The quantitative estimate of drug-likeness (QED) is 0.628. The van der Waals surface area contributed by atoms with E-state index in [0.717, 1.165) is 0 Å². The number of hydrogen-bond donors (Lipinski definition) is 3. The van der Waals surface area contributed by atoms with Crippen LogP contribution in [0.5, 0.6) is 0 Å². The number of aromatic carboxylic acids is 1. The fraction of sp³-hybridized carbons (Fsp3) is 0. The summed E-state index contributed by atoms with van der Waals surface area (Å²) in [5.41, 5.74) is 0.159. The second-order valence-corrected chi connectivity index (χ2v) is 6.97. The van der Waals surface area contributed by atoms with Crippen molar-refractivity contribution in [3.8, 4) is 11.3 Å². The second kappa shape index (κ2) is 6.81. The Morgan fingerprint density at radius 3 is 2.38 bits per heavy atom. The van der Waals surface area contributed by atoms with E-state index in [2.05, 4.69) is 14.7 Å². The lowest BCUT2D eigenvalue weighted by Gasteiger charge is -2.08. The average molecular weight is 371 g/mol. The number of carboxylic acids is 1. The van der Waals surface area contributed by atoms with Crippen LogP contribution in [0.15, 0.2) is 70.6 Å². The molecular weight excluding hydrogens is 358 g/mol. The van der Waals surface area contributed by atoms with Crippen LogP contribution in [0.25, 0.3) is 11.3 Å². The predicted molar refractivity (Wildman–Crippen MR) is 94.5 cm³/mol. The first-order chi connectivity index (χ1) is 12.4. The number of pyridine rings is 2. The molecule has 9 heteroatoms. The van der Waals surface area contributed by atoms with Gasteiger partial charge in [0, 0.05) is 11.9 Å². The highest BCUT2D eigenvalue weighted by molar-refractivity contribution is 7.92. The van der Waals surface area contributed by atoms with Gasteiger partial charge in [0.25, 0.3) is 15.6 Å². The Balaban J connectivity index is 1.88. The van der Waals surface area contributed by atoms with E-state index >= 15 is 0 Å². The largest absolute Gasteiger partial charge is 0.477 e. The molecule has 3 N–H and O–H groups in total. The number of sulfonamides is 1. The van der Waals surface area contributed by atoms with Crippen molar-refractivity contribution in [2.24, 2.45) is 0 Å². The van der Waals surface area contributed by atoms with E-state index in [1.807, 2.05) is 0 Å². The van der Waals surface area contributed by atoms with Gasteiger partial charge in [0.1, 0.15) is 5.56 Å². The molecule has 1 aromatic carbocycles.